The van der Waals surface area contributed by atoms with E-state index in [1.54, 1.807) is 13.8 Å². The van der Waals surface area contributed by atoms with Gasteiger partial charge in [0.15, 0.2) is 0 Å². The fraction of sp³-hybridized carbons (Fsp3) is 0.750. The molecule has 1 saturated heterocycles. The van der Waals surface area contributed by atoms with Crippen LogP contribution in [0.25, 0.3) is 0 Å². The molecule has 5 heteroatoms. The summed E-state index contributed by atoms with van der Waals surface area (Å²) in [5.41, 5.74) is -0.807. The standard InChI is InChI=1S/C12H18N2O3/c1-12(2)10(16)14(11(12)17)8-6-4-3-5-7-13-9-15/h3-8H2,1-2H3. The van der Waals surface area contributed by atoms with Gasteiger partial charge in [-0.3, -0.25) is 14.5 Å². The van der Waals surface area contributed by atoms with E-state index in [1.165, 1.54) is 11.0 Å². The minimum Gasteiger partial charge on any atom is -0.281 e. The molecule has 0 aliphatic carbocycles. The van der Waals surface area contributed by atoms with Gasteiger partial charge in [0.2, 0.25) is 17.9 Å². The Hall–Kier alpha value is -1.48. The molecule has 1 fully saturated rings. The van der Waals surface area contributed by atoms with Crippen LogP contribution in [0.3, 0.4) is 0 Å². The van der Waals surface area contributed by atoms with E-state index < -0.39 is 5.41 Å². The van der Waals surface area contributed by atoms with Crippen LogP contribution >= 0.6 is 0 Å². The average Bonchev–Trinajstić information content (AvgIpc) is 2.31. The number of hydrogen-bond acceptors (Lipinski definition) is 4. The summed E-state index contributed by atoms with van der Waals surface area (Å²) in [5.74, 6) is -0.152. The van der Waals surface area contributed by atoms with E-state index >= 15 is 0 Å². The number of unbranched alkanes of at least 4 members (excludes halogenated alkanes) is 3. The third kappa shape index (κ3) is 3.01. The first kappa shape index (κ1) is 13.6. The molecule has 0 aromatic heterocycles. The highest BCUT2D eigenvalue weighted by molar-refractivity contribution is 6.20. The van der Waals surface area contributed by atoms with Crippen molar-refractivity contribution >= 4 is 17.9 Å². The minimum atomic E-state index is -0.807. The first-order valence-electron chi connectivity index (χ1n) is 5.92. The maximum Gasteiger partial charge on any atom is 0.244 e. The average molecular weight is 238 g/mol. The van der Waals surface area contributed by atoms with Crippen molar-refractivity contribution in [2.75, 3.05) is 13.1 Å². The van der Waals surface area contributed by atoms with Crippen LogP contribution in [0.2, 0.25) is 0 Å². The second-order valence-corrected chi connectivity index (χ2v) is 4.77. The summed E-state index contributed by atoms with van der Waals surface area (Å²) in [6.07, 6.45) is 5.05. The summed E-state index contributed by atoms with van der Waals surface area (Å²) in [7, 11) is 0. The van der Waals surface area contributed by atoms with Gasteiger partial charge in [0.05, 0.1) is 6.54 Å². The smallest absolute Gasteiger partial charge is 0.244 e. The van der Waals surface area contributed by atoms with Crippen molar-refractivity contribution in [3.63, 3.8) is 0 Å². The van der Waals surface area contributed by atoms with Crippen molar-refractivity contribution in [3.8, 4) is 0 Å². The van der Waals surface area contributed by atoms with Crippen molar-refractivity contribution in [3.05, 3.63) is 0 Å². The minimum absolute atomic E-state index is 0.0759. The second-order valence-electron chi connectivity index (χ2n) is 4.77. The lowest BCUT2D eigenvalue weighted by Gasteiger charge is -2.41. The SMILES string of the molecule is CC1(C)C(=O)N(CCCCCCN=C=O)C1=O. The van der Waals surface area contributed by atoms with Gasteiger partial charge in [-0.1, -0.05) is 12.8 Å². The lowest BCUT2D eigenvalue weighted by Crippen LogP contribution is -2.63. The number of aliphatic imine (C=N–C) groups is 1. The molecule has 2 amide bonds. The molecule has 1 heterocycles. The number of isocyanates is 1. The number of likely N-dealkylation sites (tertiary alicyclic amines) is 1. The molecular formula is C12H18N2O3. The summed E-state index contributed by atoms with van der Waals surface area (Å²) >= 11 is 0. The van der Waals surface area contributed by atoms with Crippen molar-refractivity contribution in [1.29, 1.82) is 0 Å². The van der Waals surface area contributed by atoms with E-state index in [-0.39, 0.29) is 11.8 Å². The van der Waals surface area contributed by atoms with Gasteiger partial charge in [0.1, 0.15) is 5.41 Å². The number of carbonyl (C=O) groups excluding carboxylic acids is 3. The molecule has 0 unspecified atom stereocenters. The van der Waals surface area contributed by atoms with E-state index in [2.05, 4.69) is 4.99 Å². The van der Waals surface area contributed by atoms with Crippen LogP contribution in [-0.4, -0.2) is 35.9 Å². The molecule has 0 radical (unpaired) electrons. The third-order valence-corrected chi connectivity index (χ3v) is 3.03. The van der Waals surface area contributed by atoms with E-state index in [0.29, 0.717) is 13.1 Å². The normalized spacial score (nSPS) is 17.6. The summed E-state index contributed by atoms with van der Waals surface area (Å²) < 4.78 is 0. The largest absolute Gasteiger partial charge is 0.281 e. The maximum absolute atomic E-state index is 11.5. The highest BCUT2D eigenvalue weighted by atomic mass is 16.2. The highest BCUT2D eigenvalue weighted by Crippen LogP contribution is 2.32. The molecule has 5 nitrogen and oxygen atoms in total. The molecule has 1 aliphatic rings. The molecule has 1 aliphatic heterocycles. The quantitative estimate of drug-likeness (QED) is 0.220. The Morgan fingerprint density at radius 3 is 2.29 bits per heavy atom. The third-order valence-electron chi connectivity index (χ3n) is 3.03. The van der Waals surface area contributed by atoms with Crippen LogP contribution in [0.15, 0.2) is 4.99 Å². The van der Waals surface area contributed by atoms with Gasteiger partial charge in [-0.2, -0.15) is 0 Å². The van der Waals surface area contributed by atoms with Gasteiger partial charge < -0.3 is 0 Å². The van der Waals surface area contributed by atoms with E-state index in [4.69, 9.17) is 0 Å². The molecule has 0 aromatic carbocycles. The van der Waals surface area contributed by atoms with Crippen LogP contribution in [0.1, 0.15) is 39.5 Å². The molecule has 0 bridgehead atoms. The molecule has 0 N–H and O–H groups in total. The molecule has 0 aromatic rings. The van der Waals surface area contributed by atoms with E-state index in [0.717, 1.165) is 25.7 Å². The Bertz CT molecular complexity index is 339. The fourth-order valence-corrected chi connectivity index (χ4v) is 1.87. The van der Waals surface area contributed by atoms with Crippen molar-refractivity contribution in [2.45, 2.75) is 39.5 Å². The molecule has 17 heavy (non-hydrogen) atoms. The Morgan fingerprint density at radius 2 is 1.71 bits per heavy atom. The Morgan fingerprint density at radius 1 is 1.12 bits per heavy atom. The van der Waals surface area contributed by atoms with Crippen molar-refractivity contribution < 1.29 is 14.4 Å². The van der Waals surface area contributed by atoms with Crippen LogP contribution in [0.5, 0.6) is 0 Å². The predicted molar refractivity (Wildman–Crippen MR) is 62.0 cm³/mol. The van der Waals surface area contributed by atoms with Crippen LogP contribution in [0, 0.1) is 5.41 Å². The molecular weight excluding hydrogens is 220 g/mol. The number of hydrogen-bond donors (Lipinski definition) is 0. The van der Waals surface area contributed by atoms with E-state index in [1.807, 2.05) is 0 Å². The lowest BCUT2D eigenvalue weighted by atomic mass is 9.82. The zero-order valence-electron chi connectivity index (χ0n) is 10.4. The van der Waals surface area contributed by atoms with E-state index in [9.17, 15) is 14.4 Å². The molecule has 0 atom stereocenters. The van der Waals surface area contributed by atoms with Gasteiger partial charge >= 0.3 is 0 Å². The van der Waals surface area contributed by atoms with Crippen LogP contribution < -0.4 is 0 Å². The predicted octanol–water partition coefficient (Wildman–Crippen LogP) is 1.28. The maximum atomic E-state index is 11.5. The molecule has 0 saturated carbocycles. The highest BCUT2D eigenvalue weighted by Gasteiger charge is 2.53. The second kappa shape index (κ2) is 5.73. The van der Waals surface area contributed by atoms with Gasteiger partial charge in [-0.15, -0.1) is 0 Å². The van der Waals surface area contributed by atoms with Crippen molar-refractivity contribution in [2.24, 2.45) is 10.4 Å². The Kier molecular flexibility index (Phi) is 4.58. The van der Waals surface area contributed by atoms with Crippen LogP contribution in [-0.2, 0) is 14.4 Å². The summed E-state index contributed by atoms with van der Waals surface area (Å²) in [5, 5.41) is 0. The monoisotopic (exact) mass is 238 g/mol. The summed E-state index contributed by atoms with van der Waals surface area (Å²) in [4.78, 5) is 37.7. The van der Waals surface area contributed by atoms with Crippen LogP contribution in [0.4, 0.5) is 0 Å². The van der Waals surface area contributed by atoms with Crippen molar-refractivity contribution in [1.82, 2.24) is 4.90 Å². The Balaban J connectivity index is 2.11. The molecule has 1 rings (SSSR count). The number of rotatable bonds is 7. The molecule has 0 spiro atoms. The summed E-state index contributed by atoms with van der Waals surface area (Å²) in [6.45, 7) is 4.34. The number of amides is 2. The zero-order chi connectivity index (χ0) is 12.9. The van der Waals surface area contributed by atoms with Gasteiger partial charge in [-0.25, -0.2) is 9.79 Å². The number of imide groups is 1. The number of nitrogens with zero attached hydrogens (tertiary/aromatic N) is 2. The van der Waals surface area contributed by atoms with Gasteiger partial charge in [0.25, 0.3) is 0 Å². The number of carbonyl (C=O) groups is 2. The van der Waals surface area contributed by atoms with Gasteiger partial charge in [0, 0.05) is 6.54 Å². The Labute approximate surface area is 101 Å². The molecule has 94 valence electrons. The zero-order valence-corrected chi connectivity index (χ0v) is 10.4. The first-order chi connectivity index (χ1) is 8.01. The number of β-lactam (4-membered cyclic amide) rings is 2. The topological polar surface area (TPSA) is 66.8 Å². The first-order valence-corrected chi connectivity index (χ1v) is 5.92. The van der Waals surface area contributed by atoms with Gasteiger partial charge in [-0.05, 0) is 26.7 Å². The fourth-order valence-electron chi connectivity index (χ4n) is 1.87. The summed E-state index contributed by atoms with van der Waals surface area (Å²) in [6, 6.07) is 0. The lowest BCUT2D eigenvalue weighted by molar-refractivity contribution is -0.173.